The van der Waals surface area contributed by atoms with E-state index in [1.54, 1.807) is 4.90 Å². The van der Waals surface area contributed by atoms with E-state index in [2.05, 4.69) is 15.1 Å². The van der Waals surface area contributed by atoms with Gasteiger partial charge in [0.2, 0.25) is 5.95 Å². The number of rotatable bonds is 3. The predicted octanol–water partition coefficient (Wildman–Crippen LogP) is 2.45. The minimum atomic E-state index is -4.57. The molecule has 0 spiro atoms. The summed E-state index contributed by atoms with van der Waals surface area (Å²) in [6.45, 7) is 3.70. The summed E-state index contributed by atoms with van der Waals surface area (Å²) in [7, 11) is 0. The average Bonchev–Trinajstić information content (AvgIpc) is 3.23. The maximum Gasteiger partial charge on any atom is 0.416 e. The normalized spacial score (nSPS) is 17.7. The lowest BCUT2D eigenvalue weighted by Gasteiger charge is -2.31. The molecule has 0 atom stereocenters. The van der Waals surface area contributed by atoms with Crippen LogP contribution in [0, 0.1) is 0 Å². The second-order valence-corrected chi connectivity index (χ2v) is 8.13. The van der Waals surface area contributed by atoms with Gasteiger partial charge in [-0.15, -0.1) is 5.10 Å². The van der Waals surface area contributed by atoms with Crippen LogP contribution in [-0.4, -0.2) is 72.4 Å². The first kappa shape index (κ1) is 22.0. The molecule has 2 aliphatic heterocycles. The smallest absolute Gasteiger partial charge is 0.378 e. The number of H-pyrrole nitrogens is 1. The fraction of sp³-hybridized carbons (Fsp3) is 0.450. The number of fused-ring (bicyclic) bond motifs is 1. The van der Waals surface area contributed by atoms with Gasteiger partial charge < -0.3 is 19.3 Å². The van der Waals surface area contributed by atoms with Crippen LogP contribution in [0.1, 0.15) is 5.56 Å². The van der Waals surface area contributed by atoms with Crippen LogP contribution in [-0.2, 0) is 15.7 Å². The standard InChI is InChI=1S/C20H20ClF3N6O3/c21-14-9-12(20(22,23)24)10-15(28-1-5-32-6-2-28)16(14)30-11-13-17(27-30)25-19(26-18(13)31)29-3-7-33-8-4-29/h9-11H,1-8H2,(H,25,26,27,31). The Hall–Kier alpha value is -2.83. The predicted molar refractivity (Wildman–Crippen MR) is 116 cm³/mol. The first-order valence-electron chi connectivity index (χ1n) is 10.4. The molecule has 0 amide bonds. The molecule has 13 heteroatoms. The van der Waals surface area contributed by atoms with Gasteiger partial charge in [0.25, 0.3) is 5.56 Å². The number of anilines is 2. The van der Waals surface area contributed by atoms with Crippen LogP contribution in [0.2, 0.25) is 5.02 Å². The Labute approximate surface area is 190 Å². The lowest BCUT2D eigenvalue weighted by atomic mass is 10.1. The van der Waals surface area contributed by atoms with Gasteiger partial charge in [0.15, 0.2) is 5.65 Å². The van der Waals surface area contributed by atoms with Gasteiger partial charge >= 0.3 is 6.18 Å². The quantitative estimate of drug-likeness (QED) is 0.611. The Morgan fingerprint density at radius 3 is 2.27 bits per heavy atom. The van der Waals surface area contributed by atoms with Crippen molar-refractivity contribution in [2.24, 2.45) is 0 Å². The Morgan fingerprint density at radius 2 is 1.64 bits per heavy atom. The van der Waals surface area contributed by atoms with Crippen LogP contribution >= 0.6 is 11.6 Å². The fourth-order valence-electron chi connectivity index (χ4n) is 3.96. The Kier molecular flexibility index (Phi) is 5.67. The molecule has 1 aromatic carbocycles. The molecule has 2 aliphatic rings. The van der Waals surface area contributed by atoms with E-state index in [1.165, 1.54) is 10.9 Å². The number of benzene rings is 1. The van der Waals surface area contributed by atoms with Crippen LogP contribution in [0.15, 0.2) is 23.1 Å². The maximum atomic E-state index is 13.5. The number of aromatic amines is 1. The van der Waals surface area contributed by atoms with Crippen LogP contribution < -0.4 is 15.4 Å². The van der Waals surface area contributed by atoms with Gasteiger partial charge in [-0.3, -0.25) is 9.78 Å². The summed E-state index contributed by atoms with van der Waals surface area (Å²) in [5, 5.41) is 4.48. The van der Waals surface area contributed by atoms with E-state index in [1.807, 2.05) is 4.90 Å². The molecule has 5 rings (SSSR count). The summed E-state index contributed by atoms with van der Waals surface area (Å²) in [6.07, 6.45) is -3.13. The van der Waals surface area contributed by atoms with Gasteiger partial charge in [0, 0.05) is 32.4 Å². The molecule has 2 saturated heterocycles. The van der Waals surface area contributed by atoms with Gasteiger partial charge in [-0.05, 0) is 12.1 Å². The Bertz CT molecular complexity index is 1230. The molecule has 2 aromatic heterocycles. The first-order chi connectivity index (χ1) is 15.8. The zero-order valence-electron chi connectivity index (χ0n) is 17.4. The minimum Gasteiger partial charge on any atom is -0.378 e. The largest absolute Gasteiger partial charge is 0.416 e. The molecule has 1 N–H and O–H groups in total. The van der Waals surface area contributed by atoms with Gasteiger partial charge in [-0.1, -0.05) is 11.6 Å². The number of hydrogen-bond acceptors (Lipinski definition) is 7. The van der Waals surface area contributed by atoms with Crippen molar-refractivity contribution < 1.29 is 22.6 Å². The molecular weight excluding hydrogens is 465 g/mol. The first-order valence-corrected chi connectivity index (χ1v) is 10.8. The van der Waals surface area contributed by atoms with E-state index in [-0.39, 0.29) is 27.4 Å². The highest BCUT2D eigenvalue weighted by molar-refractivity contribution is 6.33. The van der Waals surface area contributed by atoms with Gasteiger partial charge in [-0.2, -0.15) is 18.2 Å². The van der Waals surface area contributed by atoms with Crippen molar-refractivity contribution in [3.63, 3.8) is 0 Å². The zero-order valence-corrected chi connectivity index (χ0v) is 18.1. The number of nitrogens with one attached hydrogen (secondary N) is 1. The number of aromatic nitrogens is 4. The average molecular weight is 485 g/mol. The van der Waals surface area contributed by atoms with Crippen molar-refractivity contribution in [2.45, 2.75) is 6.18 Å². The highest BCUT2D eigenvalue weighted by Gasteiger charge is 2.34. The molecule has 3 aromatic rings. The lowest BCUT2D eigenvalue weighted by molar-refractivity contribution is -0.137. The molecule has 2 fully saturated rings. The monoisotopic (exact) mass is 484 g/mol. The summed E-state index contributed by atoms with van der Waals surface area (Å²) < 4.78 is 52.5. The van der Waals surface area contributed by atoms with E-state index in [4.69, 9.17) is 21.1 Å². The van der Waals surface area contributed by atoms with E-state index in [9.17, 15) is 18.0 Å². The van der Waals surface area contributed by atoms with Crippen molar-refractivity contribution in [3.8, 4) is 5.69 Å². The van der Waals surface area contributed by atoms with Gasteiger partial charge in [0.05, 0.1) is 42.7 Å². The Morgan fingerprint density at radius 1 is 1.00 bits per heavy atom. The highest BCUT2D eigenvalue weighted by Crippen LogP contribution is 2.39. The van der Waals surface area contributed by atoms with E-state index < -0.39 is 17.3 Å². The van der Waals surface area contributed by atoms with Gasteiger partial charge in [-0.25, -0.2) is 4.68 Å². The minimum absolute atomic E-state index is 0.135. The molecule has 0 aliphatic carbocycles. The molecule has 0 bridgehead atoms. The number of nitrogens with zero attached hydrogens (tertiary/aromatic N) is 5. The second-order valence-electron chi connectivity index (χ2n) is 7.72. The molecule has 176 valence electrons. The van der Waals surface area contributed by atoms with Crippen LogP contribution in [0.4, 0.5) is 24.8 Å². The third kappa shape index (κ3) is 4.25. The molecule has 4 heterocycles. The maximum absolute atomic E-state index is 13.5. The van der Waals surface area contributed by atoms with Crippen LogP contribution in [0.25, 0.3) is 16.7 Å². The van der Waals surface area contributed by atoms with Crippen LogP contribution in [0.3, 0.4) is 0 Å². The summed E-state index contributed by atoms with van der Waals surface area (Å²) >= 11 is 6.37. The van der Waals surface area contributed by atoms with E-state index >= 15 is 0 Å². The molecule has 0 radical (unpaired) electrons. The second kappa shape index (κ2) is 8.50. The van der Waals surface area contributed by atoms with Crippen LogP contribution in [0.5, 0.6) is 0 Å². The SMILES string of the molecule is O=c1[nH]c(N2CCOCC2)nc2nn(-c3c(Cl)cc(C(F)(F)F)cc3N3CCOCC3)cc12. The molecular formula is C20H20ClF3N6O3. The Balaban J connectivity index is 1.64. The van der Waals surface area contributed by atoms with Crippen molar-refractivity contribution >= 4 is 34.3 Å². The topological polar surface area (TPSA) is 88.5 Å². The lowest BCUT2D eigenvalue weighted by Crippen LogP contribution is -2.38. The number of hydrogen-bond donors (Lipinski definition) is 1. The number of ether oxygens (including phenoxy) is 2. The highest BCUT2D eigenvalue weighted by atomic mass is 35.5. The van der Waals surface area contributed by atoms with Crippen molar-refractivity contribution in [1.82, 2.24) is 19.7 Å². The van der Waals surface area contributed by atoms with Crippen molar-refractivity contribution in [3.05, 3.63) is 39.3 Å². The van der Waals surface area contributed by atoms with E-state index in [0.29, 0.717) is 58.6 Å². The number of halogens is 4. The summed E-state index contributed by atoms with van der Waals surface area (Å²) in [5.74, 6) is 0.368. The molecule has 9 nitrogen and oxygen atoms in total. The summed E-state index contributed by atoms with van der Waals surface area (Å²) in [5.41, 5.74) is -0.583. The third-order valence-corrected chi connectivity index (χ3v) is 5.93. The van der Waals surface area contributed by atoms with E-state index in [0.717, 1.165) is 12.1 Å². The summed E-state index contributed by atoms with van der Waals surface area (Å²) in [4.78, 5) is 23.6. The molecule has 0 saturated carbocycles. The third-order valence-electron chi connectivity index (χ3n) is 5.64. The number of alkyl halides is 3. The van der Waals surface area contributed by atoms with Crippen molar-refractivity contribution in [2.75, 3.05) is 62.4 Å². The molecule has 33 heavy (non-hydrogen) atoms. The van der Waals surface area contributed by atoms with Crippen molar-refractivity contribution in [1.29, 1.82) is 0 Å². The van der Waals surface area contributed by atoms with Gasteiger partial charge in [0.1, 0.15) is 11.1 Å². The number of morpholine rings is 2. The molecule has 0 unspecified atom stereocenters. The fourth-order valence-corrected chi connectivity index (χ4v) is 4.27. The zero-order chi connectivity index (χ0) is 23.2. The summed E-state index contributed by atoms with van der Waals surface area (Å²) in [6, 6.07) is 1.92.